The molecule has 0 amide bonds. The van der Waals surface area contributed by atoms with Crippen LogP contribution in [0.2, 0.25) is 0 Å². The average Bonchev–Trinajstić information content (AvgIpc) is 3.21. The third-order valence-electron chi connectivity index (χ3n) is 3.66. The van der Waals surface area contributed by atoms with Gasteiger partial charge in [-0.2, -0.15) is 0 Å². The maximum Gasteiger partial charge on any atom is 0.323 e. The van der Waals surface area contributed by atoms with E-state index in [1.54, 1.807) is 22.8 Å². The van der Waals surface area contributed by atoms with Crippen molar-refractivity contribution in [3.63, 3.8) is 0 Å². The predicted octanol–water partition coefficient (Wildman–Crippen LogP) is 2.59. The van der Waals surface area contributed by atoms with Gasteiger partial charge < -0.3 is 9.67 Å². The fraction of sp³-hybridized carbons (Fsp3) is 0.400. The van der Waals surface area contributed by atoms with E-state index in [9.17, 15) is 9.59 Å². The van der Waals surface area contributed by atoms with Gasteiger partial charge in [0.05, 0.1) is 11.0 Å². The average molecular weight is 272 g/mol. The van der Waals surface area contributed by atoms with Crippen LogP contribution in [0.1, 0.15) is 48.3 Å². The van der Waals surface area contributed by atoms with E-state index < -0.39 is 5.97 Å². The normalized spacial score (nSPS) is 14.7. The summed E-state index contributed by atoms with van der Waals surface area (Å²) in [5.74, 6) is 0.406. The number of hydrogen-bond donors (Lipinski definition) is 1. The molecular weight excluding hydrogens is 256 g/mol. The van der Waals surface area contributed by atoms with Gasteiger partial charge >= 0.3 is 5.97 Å². The Hall–Kier alpha value is -2.17. The number of Topliss-reactive ketones (excluding diaryl/α,β-unsaturated/α-hetero) is 1. The first-order valence-corrected chi connectivity index (χ1v) is 6.85. The van der Waals surface area contributed by atoms with E-state index in [0.29, 0.717) is 23.4 Å². The number of carboxylic acids is 1. The lowest BCUT2D eigenvalue weighted by atomic mass is 10.1. The fourth-order valence-electron chi connectivity index (χ4n) is 2.48. The molecule has 1 aliphatic carbocycles. The van der Waals surface area contributed by atoms with Crippen molar-refractivity contribution in [2.24, 2.45) is 0 Å². The highest BCUT2D eigenvalue weighted by Crippen LogP contribution is 2.40. The lowest BCUT2D eigenvalue weighted by Crippen LogP contribution is -2.11. The monoisotopic (exact) mass is 272 g/mol. The quantitative estimate of drug-likeness (QED) is 0.849. The molecule has 0 atom stereocenters. The molecule has 0 unspecified atom stereocenters. The molecule has 20 heavy (non-hydrogen) atoms. The molecule has 1 saturated carbocycles. The van der Waals surface area contributed by atoms with E-state index in [1.807, 2.05) is 6.92 Å². The lowest BCUT2D eigenvalue weighted by molar-refractivity contribution is -0.137. The number of aromatic nitrogens is 2. The number of fused-ring (bicyclic) bond motifs is 1. The van der Waals surface area contributed by atoms with Crippen molar-refractivity contribution in [2.75, 3.05) is 0 Å². The summed E-state index contributed by atoms with van der Waals surface area (Å²) in [6.45, 7) is 1.74. The molecule has 1 heterocycles. The number of carboxylic acid groups (broad SMARTS) is 1. The standard InChI is InChI=1S/C15H16N2O3/c1-2-13(18)10-5-6-12-11(7-10)16-15(9-3-4-9)17(12)8-14(19)20/h5-7,9H,2-4,8H2,1H3,(H,19,20). The summed E-state index contributed by atoms with van der Waals surface area (Å²) in [5, 5.41) is 9.05. The van der Waals surface area contributed by atoms with Crippen LogP contribution in [0.3, 0.4) is 0 Å². The number of carbonyl (C=O) groups is 2. The molecule has 0 aliphatic heterocycles. The van der Waals surface area contributed by atoms with E-state index in [2.05, 4.69) is 4.98 Å². The second kappa shape index (κ2) is 4.74. The van der Waals surface area contributed by atoms with Crippen molar-refractivity contribution in [1.29, 1.82) is 0 Å². The molecule has 1 N–H and O–H groups in total. The van der Waals surface area contributed by atoms with Crippen molar-refractivity contribution in [3.8, 4) is 0 Å². The molecule has 0 bridgehead atoms. The van der Waals surface area contributed by atoms with E-state index >= 15 is 0 Å². The predicted molar refractivity (Wildman–Crippen MR) is 74.0 cm³/mol. The zero-order chi connectivity index (χ0) is 14.3. The number of rotatable bonds is 5. The highest BCUT2D eigenvalue weighted by atomic mass is 16.4. The van der Waals surface area contributed by atoms with Crippen molar-refractivity contribution < 1.29 is 14.7 Å². The van der Waals surface area contributed by atoms with Crippen molar-refractivity contribution in [1.82, 2.24) is 9.55 Å². The Bertz CT molecular complexity index is 698. The topological polar surface area (TPSA) is 72.2 Å². The molecule has 1 aromatic heterocycles. The van der Waals surface area contributed by atoms with Crippen LogP contribution in [-0.2, 0) is 11.3 Å². The number of imidazole rings is 1. The fourth-order valence-corrected chi connectivity index (χ4v) is 2.48. The first-order valence-electron chi connectivity index (χ1n) is 6.85. The first-order chi connectivity index (χ1) is 9.60. The number of carbonyl (C=O) groups excluding carboxylic acids is 1. The number of benzene rings is 1. The second-order valence-electron chi connectivity index (χ2n) is 5.20. The van der Waals surface area contributed by atoms with Crippen molar-refractivity contribution >= 4 is 22.8 Å². The number of nitrogens with zero attached hydrogens (tertiary/aromatic N) is 2. The smallest absolute Gasteiger partial charge is 0.323 e. The van der Waals surface area contributed by atoms with Crippen LogP contribution >= 0.6 is 0 Å². The first kappa shape index (κ1) is 12.8. The Morgan fingerprint density at radius 2 is 2.15 bits per heavy atom. The summed E-state index contributed by atoms with van der Waals surface area (Å²) in [7, 11) is 0. The van der Waals surface area contributed by atoms with Gasteiger partial charge in [0.2, 0.25) is 0 Å². The molecule has 2 aromatic rings. The van der Waals surface area contributed by atoms with E-state index in [0.717, 1.165) is 24.2 Å². The Kier molecular flexibility index (Phi) is 3.04. The SMILES string of the molecule is CCC(=O)c1ccc2c(c1)nc(C1CC1)n2CC(=O)O. The molecule has 1 aliphatic rings. The lowest BCUT2D eigenvalue weighted by Gasteiger charge is -2.05. The van der Waals surface area contributed by atoms with Crippen LogP contribution < -0.4 is 0 Å². The minimum atomic E-state index is -0.875. The largest absolute Gasteiger partial charge is 0.480 e. The molecule has 0 spiro atoms. The van der Waals surface area contributed by atoms with Gasteiger partial charge in [0.1, 0.15) is 12.4 Å². The van der Waals surface area contributed by atoms with Crippen LogP contribution in [0, 0.1) is 0 Å². The minimum Gasteiger partial charge on any atom is -0.480 e. The van der Waals surface area contributed by atoms with Crippen molar-refractivity contribution in [3.05, 3.63) is 29.6 Å². The summed E-state index contributed by atoms with van der Waals surface area (Å²) in [6.07, 6.45) is 2.57. The number of hydrogen-bond acceptors (Lipinski definition) is 3. The maximum absolute atomic E-state index is 11.7. The molecule has 5 heteroatoms. The van der Waals surface area contributed by atoms with E-state index in [-0.39, 0.29) is 12.3 Å². The zero-order valence-electron chi connectivity index (χ0n) is 11.3. The molecule has 104 valence electrons. The summed E-state index contributed by atoms with van der Waals surface area (Å²) >= 11 is 0. The summed E-state index contributed by atoms with van der Waals surface area (Å²) < 4.78 is 1.76. The van der Waals surface area contributed by atoms with Gasteiger partial charge in [-0.15, -0.1) is 0 Å². The number of aliphatic carboxylic acids is 1. The molecule has 0 radical (unpaired) electrons. The van der Waals surface area contributed by atoms with Crippen LogP contribution in [0.15, 0.2) is 18.2 Å². The van der Waals surface area contributed by atoms with Gasteiger partial charge in [-0.05, 0) is 31.0 Å². The van der Waals surface area contributed by atoms with Gasteiger partial charge in [-0.1, -0.05) is 6.92 Å². The highest BCUT2D eigenvalue weighted by Gasteiger charge is 2.30. The molecule has 3 rings (SSSR count). The van der Waals surface area contributed by atoms with Crippen LogP contribution in [0.25, 0.3) is 11.0 Å². The Morgan fingerprint density at radius 3 is 2.75 bits per heavy atom. The van der Waals surface area contributed by atoms with Gasteiger partial charge in [0.15, 0.2) is 5.78 Å². The minimum absolute atomic E-state index is 0.0765. The molecular formula is C15H16N2O3. The third-order valence-corrected chi connectivity index (χ3v) is 3.66. The van der Waals surface area contributed by atoms with Crippen LogP contribution in [0.4, 0.5) is 0 Å². The Morgan fingerprint density at radius 1 is 1.40 bits per heavy atom. The zero-order valence-corrected chi connectivity index (χ0v) is 11.3. The maximum atomic E-state index is 11.7. The Labute approximate surface area is 116 Å². The van der Waals surface area contributed by atoms with Crippen LogP contribution in [-0.4, -0.2) is 26.4 Å². The van der Waals surface area contributed by atoms with Crippen molar-refractivity contribution in [2.45, 2.75) is 38.6 Å². The highest BCUT2D eigenvalue weighted by molar-refractivity contribution is 5.98. The molecule has 0 saturated heterocycles. The molecule has 5 nitrogen and oxygen atoms in total. The third kappa shape index (κ3) is 2.19. The van der Waals surface area contributed by atoms with Gasteiger partial charge in [-0.3, -0.25) is 9.59 Å². The van der Waals surface area contributed by atoms with Gasteiger partial charge in [0, 0.05) is 17.9 Å². The molecule has 1 aromatic carbocycles. The molecule has 1 fully saturated rings. The summed E-state index contributed by atoms with van der Waals surface area (Å²) in [6, 6.07) is 5.33. The number of ketones is 1. The van der Waals surface area contributed by atoms with Crippen LogP contribution in [0.5, 0.6) is 0 Å². The Balaban J connectivity index is 2.12. The summed E-state index contributed by atoms with van der Waals surface area (Å²) in [5.41, 5.74) is 2.15. The van der Waals surface area contributed by atoms with E-state index in [4.69, 9.17) is 5.11 Å². The summed E-state index contributed by atoms with van der Waals surface area (Å²) in [4.78, 5) is 27.3. The second-order valence-corrected chi connectivity index (χ2v) is 5.20. The van der Waals surface area contributed by atoms with Gasteiger partial charge in [-0.25, -0.2) is 4.98 Å². The van der Waals surface area contributed by atoms with E-state index in [1.165, 1.54) is 0 Å². The van der Waals surface area contributed by atoms with Gasteiger partial charge in [0.25, 0.3) is 0 Å².